The average molecular weight is 379 g/mol. The van der Waals surface area contributed by atoms with Gasteiger partial charge in [0.2, 0.25) is 0 Å². The number of rotatable bonds is 5. The van der Waals surface area contributed by atoms with E-state index in [0.29, 0.717) is 5.92 Å². The molecule has 4 rings (SSSR count). The summed E-state index contributed by atoms with van der Waals surface area (Å²) in [5.41, 5.74) is 20.7. The first-order chi connectivity index (χ1) is 14.1. The minimum absolute atomic E-state index is 0.385. The Morgan fingerprint density at radius 3 is 1.03 bits per heavy atom. The van der Waals surface area contributed by atoms with Gasteiger partial charge in [-0.05, 0) is 64.1 Å². The number of benzene rings is 4. The van der Waals surface area contributed by atoms with Crippen molar-refractivity contribution in [1.82, 2.24) is 0 Å². The molecular weight excluding hydrogens is 352 g/mol. The Hall–Kier alpha value is -3.52. The summed E-state index contributed by atoms with van der Waals surface area (Å²) in [6.07, 6.45) is 1.06. The molecule has 4 aromatic carbocycles. The third-order valence-electron chi connectivity index (χ3n) is 5.52. The van der Waals surface area contributed by atoms with Crippen LogP contribution in [-0.4, -0.2) is 0 Å². The molecule has 144 valence electrons. The summed E-state index contributed by atoms with van der Waals surface area (Å²) in [5.74, 6) is 0.385. The largest absolute Gasteiger partial charge is 0.399 e. The van der Waals surface area contributed by atoms with Crippen LogP contribution >= 0.6 is 0 Å². The van der Waals surface area contributed by atoms with Gasteiger partial charge < -0.3 is 11.5 Å². The fraction of sp³-hybridized carbons (Fsp3) is 0.111. The number of hydrogen-bond donors (Lipinski definition) is 2. The lowest BCUT2D eigenvalue weighted by Gasteiger charge is -2.17. The first kappa shape index (κ1) is 18.8. The minimum atomic E-state index is 0.385. The molecule has 0 bridgehead atoms. The van der Waals surface area contributed by atoms with Gasteiger partial charge in [-0.3, -0.25) is 0 Å². The molecule has 4 N–H and O–H groups in total. The minimum Gasteiger partial charge on any atom is -0.399 e. The SMILES string of the molecule is CCC(c1ccc(-c2ccc(N)cc2)cc1)c1ccc(-c2ccc(N)cc2)cc1. The Morgan fingerprint density at radius 1 is 0.483 bits per heavy atom. The van der Waals surface area contributed by atoms with Gasteiger partial charge >= 0.3 is 0 Å². The van der Waals surface area contributed by atoms with Crippen molar-refractivity contribution in [2.75, 3.05) is 11.5 Å². The molecule has 0 spiro atoms. The molecule has 0 aliphatic carbocycles. The molecule has 2 heteroatoms. The van der Waals surface area contributed by atoms with Gasteiger partial charge in [0.25, 0.3) is 0 Å². The van der Waals surface area contributed by atoms with E-state index in [9.17, 15) is 0 Å². The van der Waals surface area contributed by atoms with Crippen molar-refractivity contribution < 1.29 is 0 Å². The third kappa shape index (κ3) is 4.17. The van der Waals surface area contributed by atoms with E-state index >= 15 is 0 Å². The lowest BCUT2D eigenvalue weighted by atomic mass is 9.87. The van der Waals surface area contributed by atoms with Crippen molar-refractivity contribution in [3.05, 3.63) is 108 Å². The fourth-order valence-electron chi connectivity index (χ4n) is 3.83. The zero-order chi connectivity index (χ0) is 20.2. The molecule has 0 fully saturated rings. The standard InChI is InChI=1S/C27H26N2/c1-2-27(23-7-3-19(4-8-23)21-11-15-25(28)16-12-21)24-9-5-20(6-10-24)22-13-17-26(29)18-14-22/h3-18,27H,2,28-29H2,1H3. The van der Waals surface area contributed by atoms with Crippen LogP contribution in [0.15, 0.2) is 97.1 Å². The first-order valence-electron chi connectivity index (χ1n) is 10.1. The molecule has 2 nitrogen and oxygen atoms in total. The first-order valence-corrected chi connectivity index (χ1v) is 10.1. The monoisotopic (exact) mass is 378 g/mol. The van der Waals surface area contributed by atoms with Crippen LogP contribution in [0, 0.1) is 0 Å². The van der Waals surface area contributed by atoms with Crippen molar-refractivity contribution in [1.29, 1.82) is 0 Å². The van der Waals surface area contributed by atoms with Crippen LogP contribution in [0.2, 0.25) is 0 Å². The Balaban J connectivity index is 1.56. The second-order valence-corrected chi connectivity index (χ2v) is 7.45. The summed E-state index contributed by atoms with van der Waals surface area (Å²) < 4.78 is 0. The van der Waals surface area contributed by atoms with Crippen molar-refractivity contribution >= 4 is 11.4 Å². The van der Waals surface area contributed by atoms with E-state index in [0.717, 1.165) is 17.8 Å². The van der Waals surface area contributed by atoms with E-state index in [1.807, 2.05) is 24.3 Å². The molecule has 0 saturated heterocycles. The van der Waals surface area contributed by atoms with Crippen LogP contribution in [0.3, 0.4) is 0 Å². The summed E-state index contributed by atoms with van der Waals surface area (Å²) in [6.45, 7) is 2.24. The van der Waals surface area contributed by atoms with E-state index in [4.69, 9.17) is 11.5 Å². The Labute approximate surface area is 172 Å². The zero-order valence-electron chi connectivity index (χ0n) is 16.7. The number of nitrogens with two attached hydrogens (primary N) is 2. The van der Waals surface area contributed by atoms with Gasteiger partial charge in [-0.25, -0.2) is 0 Å². The molecule has 0 atom stereocenters. The molecular formula is C27H26N2. The molecule has 29 heavy (non-hydrogen) atoms. The van der Waals surface area contributed by atoms with E-state index in [1.165, 1.54) is 33.4 Å². The maximum absolute atomic E-state index is 5.80. The van der Waals surface area contributed by atoms with Gasteiger partial charge in [0, 0.05) is 17.3 Å². The van der Waals surface area contributed by atoms with Gasteiger partial charge in [0.05, 0.1) is 0 Å². The summed E-state index contributed by atoms with van der Waals surface area (Å²) in [4.78, 5) is 0. The third-order valence-corrected chi connectivity index (χ3v) is 5.52. The van der Waals surface area contributed by atoms with Crippen molar-refractivity contribution in [3.8, 4) is 22.3 Å². The Morgan fingerprint density at radius 2 is 0.759 bits per heavy atom. The Bertz CT molecular complexity index is 972. The van der Waals surface area contributed by atoms with E-state index < -0.39 is 0 Å². The molecule has 0 saturated carbocycles. The predicted molar refractivity (Wildman–Crippen MR) is 125 cm³/mol. The molecule has 0 amide bonds. The lowest BCUT2D eigenvalue weighted by Crippen LogP contribution is -1.99. The Kier molecular flexibility index (Phi) is 5.35. The van der Waals surface area contributed by atoms with Crippen LogP contribution in [0.25, 0.3) is 22.3 Å². The van der Waals surface area contributed by atoms with Crippen LogP contribution in [-0.2, 0) is 0 Å². The molecule has 0 heterocycles. The van der Waals surface area contributed by atoms with Gasteiger partial charge in [-0.2, -0.15) is 0 Å². The summed E-state index contributed by atoms with van der Waals surface area (Å²) in [6, 6.07) is 33.8. The van der Waals surface area contributed by atoms with Crippen LogP contribution in [0.4, 0.5) is 11.4 Å². The fourth-order valence-corrected chi connectivity index (χ4v) is 3.83. The average Bonchev–Trinajstić information content (AvgIpc) is 2.76. The second kappa shape index (κ2) is 8.24. The molecule has 0 unspecified atom stereocenters. The van der Waals surface area contributed by atoms with E-state index in [1.54, 1.807) is 0 Å². The second-order valence-electron chi connectivity index (χ2n) is 7.45. The molecule has 0 radical (unpaired) electrons. The van der Waals surface area contributed by atoms with Crippen LogP contribution in [0.1, 0.15) is 30.4 Å². The summed E-state index contributed by atoms with van der Waals surface area (Å²) in [5, 5.41) is 0. The molecule has 0 aliphatic rings. The lowest BCUT2D eigenvalue weighted by molar-refractivity contribution is 0.777. The van der Waals surface area contributed by atoms with Gasteiger partial charge in [-0.1, -0.05) is 79.7 Å². The number of anilines is 2. The van der Waals surface area contributed by atoms with Crippen LogP contribution in [0.5, 0.6) is 0 Å². The normalized spacial score (nSPS) is 11.0. The van der Waals surface area contributed by atoms with Crippen molar-refractivity contribution in [3.63, 3.8) is 0 Å². The predicted octanol–water partition coefficient (Wildman–Crippen LogP) is 6.73. The maximum Gasteiger partial charge on any atom is 0.0314 e. The summed E-state index contributed by atoms with van der Waals surface area (Å²) in [7, 11) is 0. The van der Waals surface area contributed by atoms with Gasteiger partial charge in [0.15, 0.2) is 0 Å². The maximum atomic E-state index is 5.80. The molecule has 0 aromatic heterocycles. The highest BCUT2D eigenvalue weighted by atomic mass is 14.5. The highest BCUT2D eigenvalue weighted by molar-refractivity contribution is 5.67. The molecule has 4 aromatic rings. The zero-order valence-corrected chi connectivity index (χ0v) is 16.7. The van der Waals surface area contributed by atoms with Gasteiger partial charge in [-0.15, -0.1) is 0 Å². The summed E-state index contributed by atoms with van der Waals surface area (Å²) >= 11 is 0. The quantitative estimate of drug-likeness (QED) is 0.378. The van der Waals surface area contributed by atoms with Crippen molar-refractivity contribution in [2.24, 2.45) is 0 Å². The number of nitrogen functional groups attached to an aromatic ring is 2. The van der Waals surface area contributed by atoms with Gasteiger partial charge in [0.1, 0.15) is 0 Å². The topological polar surface area (TPSA) is 52.0 Å². The van der Waals surface area contributed by atoms with E-state index in [2.05, 4.69) is 79.7 Å². The van der Waals surface area contributed by atoms with Crippen molar-refractivity contribution in [2.45, 2.75) is 19.3 Å². The highest BCUT2D eigenvalue weighted by Gasteiger charge is 2.12. The highest BCUT2D eigenvalue weighted by Crippen LogP contribution is 2.31. The van der Waals surface area contributed by atoms with Crippen LogP contribution < -0.4 is 11.5 Å². The number of hydrogen-bond acceptors (Lipinski definition) is 2. The van der Waals surface area contributed by atoms with E-state index in [-0.39, 0.29) is 0 Å². The smallest absolute Gasteiger partial charge is 0.0314 e. The molecule has 0 aliphatic heterocycles.